The van der Waals surface area contributed by atoms with Crippen LogP contribution in [-0.2, 0) is 21.4 Å². The third kappa shape index (κ3) is 4.70. The fourth-order valence-electron chi connectivity index (χ4n) is 3.64. The first-order valence-corrected chi connectivity index (χ1v) is 12.3. The lowest BCUT2D eigenvalue weighted by Crippen LogP contribution is -2.45. The Balaban J connectivity index is 1.42. The number of sulfonamides is 1. The molecule has 0 bridgehead atoms. The van der Waals surface area contributed by atoms with Crippen LogP contribution in [0.5, 0.6) is 0 Å². The molecular formula is C21H24N4O4S2. The van der Waals surface area contributed by atoms with E-state index in [1.807, 2.05) is 24.4 Å². The molecule has 0 saturated carbocycles. The average molecular weight is 461 g/mol. The third-order valence-electron chi connectivity index (χ3n) is 5.35. The fourth-order valence-corrected chi connectivity index (χ4v) is 5.81. The van der Waals surface area contributed by atoms with Gasteiger partial charge in [0.25, 0.3) is 0 Å². The summed E-state index contributed by atoms with van der Waals surface area (Å²) >= 11 is 1.51. The summed E-state index contributed by atoms with van der Waals surface area (Å²) in [6, 6.07) is 10.6. The molecule has 1 atom stereocenters. The van der Waals surface area contributed by atoms with Crippen LogP contribution in [0.2, 0.25) is 0 Å². The zero-order valence-corrected chi connectivity index (χ0v) is 19.0. The Labute approximate surface area is 185 Å². The molecule has 3 heterocycles. The van der Waals surface area contributed by atoms with E-state index < -0.39 is 15.9 Å². The second kappa shape index (κ2) is 8.89. The van der Waals surface area contributed by atoms with E-state index in [9.17, 15) is 13.2 Å². The minimum atomic E-state index is -3.63. The Hall–Kier alpha value is -2.56. The first-order valence-electron chi connectivity index (χ1n) is 10.0. The maximum atomic E-state index is 13.0. The summed E-state index contributed by atoms with van der Waals surface area (Å²) in [6.45, 7) is 2.67. The van der Waals surface area contributed by atoms with E-state index in [-0.39, 0.29) is 23.9 Å². The highest BCUT2D eigenvalue weighted by Crippen LogP contribution is 2.26. The van der Waals surface area contributed by atoms with Crippen molar-refractivity contribution in [3.05, 3.63) is 53.2 Å². The van der Waals surface area contributed by atoms with Crippen molar-refractivity contribution >= 4 is 27.3 Å². The summed E-state index contributed by atoms with van der Waals surface area (Å²) in [6.07, 6.45) is 1.28. The zero-order chi connectivity index (χ0) is 22.0. The number of thiophene rings is 1. The summed E-state index contributed by atoms with van der Waals surface area (Å²) in [7, 11) is -1.96. The van der Waals surface area contributed by atoms with Crippen LogP contribution in [0, 0.1) is 12.8 Å². The first kappa shape index (κ1) is 21.7. The monoisotopic (exact) mass is 460 g/mol. The summed E-state index contributed by atoms with van der Waals surface area (Å²) in [5.41, 5.74) is 0.996. The molecule has 3 aromatic rings. The maximum Gasteiger partial charge on any atom is 0.246 e. The molecule has 0 aliphatic carbocycles. The van der Waals surface area contributed by atoms with Gasteiger partial charge in [-0.15, -0.1) is 11.3 Å². The van der Waals surface area contributed by atoms with Crippen molar-refractivity contribution in [1.82, 2.24) is 19.3 Å². The number of amides is 1. The van der Waals surface area contributed by atoms with Crippen LogP contribution in [-0.4, -0.2) is 53.8 Å². The zero-order valence-electron chi connectivity index (χ0n) is 17.4. The molecule has 4 rings (SSSR count). The van der Waals surface area contributed by atoms with E-state index in [0.717, 1.165) is 10.4 Å². The Morgan fingerprint density at radius 3 is 2.77 bits per heavy atom. The van der Waals surface area contributed by atoms with Crippen LogP contribution in [0.15, 0.2) is 51.2 Å². The van der Waals surface area contributed by atoms with E-state index >= 15 is 0 Å². The molecular weight excluding hydrogens is 436 g/mol. The first-order chi connectivity index (χ1) is 14.8. The molecule has 31 heavy (non-hydrogen) atoms. The highest BCUT2D eigenvalue weighted by molar-refractivity contribution is 7.89. The van der Waals surface area contributed by atoms with Gasteiger partial charge < -0.3 is 9.42 Å². The lowest BCUT2D eigenvalue weighted by molar-refractivity contribution is -0.136. The molecule has 1 saturated heterocycles. The molecule has 164 valence electrons. The second-order valence-corrected chi connectivity index (χ2v) is 10.6. The Morgan fingerprint density at radius 2 is 2.06 bits per heavy atom. The smallest absolute Gasteiger partial charge is 0.246 e. The van der Waals surface area contributed by atoms with Gasteiger partial charge in [0.2, 0.25) is 27.6 Å². The molecule has 0 radical (unpaired) electrons. The lowest BCUT2D eigenvalue weighted by Gasteiger charge is -2.33. The molecule has 1 aliphatic heterocycles. The molecule has 1 aromatic carbocycles. The van der Waals surface area contributed by atoms with Gasteiger partial charge in [0.1, 0.15) is 0 Å². The van der Waals surface area contributed by atoms with Crippen molar-refractivity contribution in [3.8, 4) is 10.7 Å². The van der Waals surface area contributed by atoms with Gasteiger partial charge in [-0.3, -0.25) is 4.79 Å². The molecule has 1 aliphatic rings. The van der Waals surface area contributed by atoms with Crippen molar-refractivity contribution in [2.75, 3.05) is 20.1 Å². The predicted octanol–water partition coefficient (Wildman–Crippen LogP) is 3.17. The topological polar surface area (TPSA) is 96.6 Å². The average Bonchev–Trinajstić information content (AvgIpc) is 3.45. The van der Waals surface area contributed by atoms with Crippen LogP contribution in [0.4, 0.5) is 0 Å². The number of hydrogen-bond acceptors (Lipinski definition) is 7. The molecule has 2 aromatic heterocycles. The van der Waals surface area contributed by atoms with Gasteiger partial charge in [-0.05, 0) is 43.3 Å². The van der Waals surface area contributed by atoms with E-state index in [4.69, 9.17) is 4.52 Å². The van der Waals surface area contributed by atoms with Gasteiger partial charge in [-0.25, -0.2) is 8.42 Å². The number of rotatable bonds is 6. The van der Waals surface area contributed by atoms with E-state index in [1.54, 1.807) is 31.3 Å². The van der Waals surface area contributed by atoms with Gasteiger partial charge in [-0.2, -0.15) is 9.29 Å². The van der Waals surface area contributed by atoms with Crippen molar-refractivity contribution < 1.29 is 17.7 Å². The Kier molecular flexibility index (Phi) is 6.22. The highest BCUT2D eigenvalue weighted by atomic mass is 32.2. The molecule has 1 fully saturated rings. The van der Waals surface area contributed by atoms with Crippen LogP contribution >= 0.6 is 11.3 Å². The highest BCUT2D eigenvalue weighted by Gasteiger charge is 2.34. The van der Waals surface area contributed by atoms with Gasteiger partial charge in [0, 0.05) is 20.1 Å². The number of carbonyl (C=O) groups excluding carboxylic acids is 1. The molecule has 10 heteroatoms. The van der Waals surface area contributed by atoms with E-state index in [2.05, 4.69) is 10.1 Å². The number of aromatic nitrogens is 2. The lowest BCUT2D eigenvalue weighted by atomic mass is 9.98. The Bertz CT molecular complexity index is 1140. The summed E-state index contributed by atoms with van der Waals surface area (Å²) < 4.78 is 32.7. The van der Waals surface area contributed by atoms with Gasteiger partial charge in [0.15, 0.2) is 0 Å². The van der Waals surface area contributed by atoms with Crippen molar-refractivity contribution in [2.24, 2.45) is 5.92 Å². The fraction of sp³-hybridized carbons (Fsp3) is 0.381. The summed E-state index contributed by atoms with van der Waals surface area (Å²) in [5, 5.41) is 5.90. The van der Waals surface area contributed by atoms with Gasteiger partial charge >= 0.3 is 0 Å². The van der Waals surface area contributed by atoms with Crippen molar-refractivity contribution in [3.63, 3.8) is 0 Å². The van der Waals surface area contributed by atoms with E-state index in [0.29, 0.717) is 31.1 Å². The van der Waals surface area contributed by atoms with Crippen LogP contribution in [0.1, 0.15) is 24.3 Å². The Morgan fingerprint density at radius 1 is 1.29 bits per heavy atom. The van der Waals surface area contributed by atoms with Crippen LogP contribution in [0.25, 0.3) is 10.7 Å². The quantitative estimate of drug-likeness (QED) is 0.561. The predicted molar refractivity (Wildman–Crippen MR) is 117 cm³/mol. The second-order valence-electron chi connectivity index (χ2n) is 7.70. The molecule has 0 spiro atoms. The summed E-state index contributed by atoms with van der Waals surface area (Å²) in [4.78, 5) is 20.0. The maximum absolute atomic E-state index is 13.0. The van der Waals surface area contributed by atoms with Crippen LogP contribution < -0.4 is 0 Å². The molecule has 1 amide bonds. The minimum absolute atomic E-state index is 0.125. The minimum Gasteiger partial charge on any atom is -0.337 e. The number of hydrogen-bond donors (Lipinski definition) is 0. The number of aryl methyl sites for hydroxylation is 1. The number of nitrogens with zero attached hydrogens (tertiary/aromatic N) is 4. The summed E-state index contributed by atoms with van der Waals surface area (Å²) in [5.74, 6) is 0.316. The number of carbonyl (C=O) groups is 1. The van der Waals surface area contributed by atoms with Gasteiger partial charge in [0.05, 0.1) is 22.2 Å². The van der Waals surface area contributed by atoms with Crippen LogP contribution in [0.3, 0.4) is 0 Å². The molecule has 1 unspecified atom stereocenters. The number of benzene rings is 1. The van der Waals surface area contributed by atoms with E-state index in [1.165, 1.54) is 20.5 Å². The van der Waals surface area contributed by atoms with Crippen molar-refractivity contribution in [1.29, 1.82) is 0 Å². The normalized spacial score (nSPS) is 17.5. The largest absolute Gasteiger partial charge is 0.337 e. The molecule has 0 N–H and O–H groups in total. The molecule has 8 nitrogen and oxygen atoms in total. The number of piperidine rings is 1. The van der Waals surface area contributed by atoms with Crippen molar-refractivity contribution in [2.45, 2.75) is 31.2 Å². The third-order valence-corrected chi connectivity index (χ3v) is 8.10. The standard InChI is InChI=1S/C21H24N4O4S2/c1-15-7-9-17(10-8-15)31(27,28)25-11-3-5-16(13-25)21(26)24(2)14-19-22-20(23-29-19)18-6-4-12-30-18/h4,6-10,12,16H,3,5,11,13-14H2,1-2H3. The SMILES string of the molecule is Cc1ccc(S(=O)(=O)N2CCCC(C(=O)N(C)Cc3nc(-c4cccs4)no3)C2)cc1. The van der Waals surface area contributed by atoms with Gasteiger partial charge in [-0.1, -0.05) is 28.9 Å².